The van der Waals surface area contributed by atoms with Gasteiger partial charge in [-0.05, 0) is 12.5 Å². The second-order valence-corrected chi connectivity index (χ2v) is 1.98. The zero-order valence-corrected chi connectivity index (χ0v) is 6.77. The van der Waals surface area contributed by atoms with E-state index in [0.717, 1.165) is 18.8 Å². The van der Waals surface area contributed by atoms with Crippen molar-refractivity contribution < 1.29 is 0 Å². The maximum Gasteiger partial charge on any atom is 0.121 e. The summed E-state index contributed by atoms with van der Waals surface area (Å²) < 4.78 is 1.79. The van der Waals surface area contributed by atoms with Crippen LogP contribution in [0, 0.1) is 0 Å². The van der Waals surface area contributed by atoms with Crippen molar-refractivity contribution in [3.63, 3.8) is 0 Å². The van der Waals surface area contributed by atoms with E-state index in [2.05, 4.69) is 12.0 Å². The minimum absolute atomic E-state index is 0. The van der Waals surface area contributed by atoms with Crippen molar-refractivity contribution in [3.8, 4) is 0 Å². The van der Waals surface area contributed by atoms with Crippen LogP contribution < -0.4 is 5.73 Å². The van der Waals surface area contributed by atoms with Gasteiger partial charge in [-0.2, -0.15) is 5.10 Å². The molecule has 0 saturated carbocycles. The molecule has 0 radical (unpaired) electrons. The average molecular weight is 162 g/mol. The van der Waals surface area contributed by atoms with Crippen molar-refractivity contribution in [2.24, 2.45) is 0 Å². The van der Waals surface area contributed by atoms with Crippen LogP contribution in [0.5, 0.6) is 0 Å². The van der Waals surface area contributed by atoms with Gasteiger partial charge < -0.3 is 5.73 Å². The number of nitrogens with zero attached hydrogens (tertiary/aromatic N) is 2. The number of aromatic nitrogens is 2. The van der Waals surface area contributed by atoms with Gasteiger partial charge in [0.2, 0.25) is 0 Å². The van der Waals surface area contributed by atoms with Crippen LogP contribution >= 0.6 is 12.4 Å². The van der Waals surface area contributed by atoms with E-state index in [-0.39, 0.29) is 12.4 Å². The zero-order valence-electron chi connectivity index (χ0n) is 5.95. The lowest BCUT2D eigenvalue weighted by molar-refractivity contribution is 0.611. The molecule has 1 aromatic heterocycles. The summed E-state index contributed by atoms with van der Waals surface area (Å²) in [5, 5.41) is 4.00. The molecule has 0 aliphatic carbocycles. The second-order valence-electron chi connectivity index (χ2n) is 1.98. The summed E-state index contributed by atoms with van der Waals surface area (Å²) in [6.45, 7) is 3.01. The summed E-state index contributed by atoms with van der Waals surface area (Å²) in [5.41, 5.74) is 5.53. The first-order chi connectivity index (χ1) is 4.34. The molecule has 1 heterocycles. The lowest BCUT2D eigenvalue weighted by Gasteiger charge is -1.98. The first-order valence-corrected chi connectivity index (χ1v) is 3.12. The van der Waals surface area contributed by atoms with Crippen LogP contribution in [0.2, 0.25) is 0 Å². The minimum atomic E-state index is 0. The number of anilines is 1. The van der Waals surface area contributed by atoms with Crippen LogP contribution in [0.1, 0.15) is 13.3 Å². The number of hydrogen-bond donors (Lipinski definition) is 1. The fraction of sp³-hybridized carbons (Fsp3) is 0.500. The van der Waals surface area contributed by atoms with E-state index < -0.39 is 0 Å². The Morgan fingerprint density at radius 3 is 2.80 bits per heavy atom. The largest absolute Gasteiger partial charge is 0.384 e. The number of aryl methyl sites for hydroxylation is 1. The van der Waals surface area contributed by atoms with Gasteiger partial charge in [-0.1, -0.05) is 6.92 Å². The first kappa shape index (κ1) is 9.30. The summed E-state index contributed by atoms with van der Waals surface area (Å²) in [7, 11) is 0. The Hall–Kier alpha value is -0.700. The van der Waals surface area contributed by atoms with Crippen molar-refractivity contribution in [1.82, 2.24) is 9.78 Å². The summed E-state index contributed by atoms with van der Waals surface area (Å²) in [5.74, 6) is 0.747. The monoisotopic (exact) mass is 161 g/mol. The van der Waals surface area contributed by atoms with E-state index in [0.29, 0.717) is 0 Å². The third-order valence-electron chi connectivity index (χ3n) is 1.18. The molecule has 0 fully saturated rings. The quantitative estimate of drug-likeness (QED) is 0.711. The maximum absolute atomic E-state index is 5.53. The zero-order chi connectivity index (χ0) is 6.69. The molecular weight excluding hydrogens is 150 g/mol. The molecule has 0 bridgehead atoms. The summed E-state index contributed by atoms with van der Waals surface area (Å²) in [6, 6.07) is 1.80. The van der Waals surface area contributed by atoms with Crippen LogP contribution in [0.4, 0.5) is 5.82 Å². The summed E-state index contributed by atoms with van der Waals surface area (Å²) in [6.07, 6.45) is 2.79. The molecule has 0 aromatic carbocycles. The van der Waals surface area contributed by atoms with Gasteiger partial charge in [-0.15, -0.1) is 12.4 Å². The Labute approximate surface area is 66.6 Å². The molecule has 0 amide bonds. The molecule has 2 N–H and O–H groups in total. The Morgan fingerprint density at radius 2 is 2.40 bits per heavy atom. The van der Waals surface area contributed by atoms with Gasteiger partial charge in [0.25, 0.3) is 0 Å². The van der Waals surface area contributed by atoms with Crippen molar-refractivity contribution in [3.05, 3.63) is 12.3 Å². The van der Waals surface area contributed by atoms with E-state index in [1.54, 1.807) is 16.9 Å². The van der Waals surface area contributed by atoms with Crippen molar-refractivity contribution in [2.45, 2.75) is 19.9 Å². The number of halogens is 1. The van der Waals surface area contributed by atoms with Gasteiger partial charge >= 0.3 is 0 Å². The molecule has 1 rings (SSSR count). The van der Waals surface area contributed by atoms with Crippen LogP contribution in [0.25, 0.3) is 0 Å². The number of rotatable bonds is 2. The number of nitrogens with two attached hydrogens (primary N) is 1. The Bertz CT molecular complexity index is 185. The molecule has 0 spiro atoms. The Kier molecular flexibility index (Phi) is 3.88. The van der Waals surface area contributed by atoms with E-state index in [4.69, 9.17) is 5.73 Å². The molecule has 0 unspecified atom stereocenters. The highest BCUT2D eigenvalue weighted by Gasteiger charge is 1.92. The molecule has 3 nitrogen and oxygen atoms in total. The lowest BCUT2D eigenvalue weighted by Crippen LogP contribution is -2.02. The minimum Gasteiger partial charge on any atom is -0.384 e. The highest BCUT2D eigenvalue weighted by molar-refractivity contribution is 5.85. The van der Waals surface area contributed by atoms with Gasteiger partial charge in [-0.3, -0.25) is 4.68 Å². The van der Waals surface area contributed by atoms with Gasteiger partial charge in [0.05, 0.1) is 6.20 Å². The van der Waals surface area contributed by atoms with Crippen molar-refractivity contribution >= 4 is 18.2 Å². The summed E-state index contributed by atoms with van der Waals surface area (Å²) >= 11 is 0. The maximum atomic E-state index is 5.53. The SMILES string of the molecule is CCCn1nccc1N.Cl. The molecule has 1 aromatic rings. The third kappa shape index (κ3) is 1.92. The first-order valence-electron chi connectivity index (χ1n) is 3.12. The molecule has 58 valence electrons. The predicted octanol–water partition coefficient (Wildman–Crippen LogP) is 1.30. The van der Waals surface area contributed by atoms with Crippen LogP contribution in [0.3, 0.4) is 0 Å². The highest BCUT2D eigenvalue weighted by atomic mass is 35.5. The van der Waals surface area contributed by atoms with Crippen molar-refractivity contribution in [1.29, 1.82) is 0 Å². The molecular formula is C6H12ClN3. The molecule has 0 aliphatic heterocycles. The van der Waals surface area contributed by atoms with Crippen molar-refractivity contribution in [2.75, 3.05) is 5.73 Å². The van der Waals surface area contributed by atoms with Gasteiger partial charge in [0.1, 0.15) is 5.82 Å². The molecule has 10 heavy (non-hydrogen) atoms. The van der Waals surface area contributed by atoms with Gasteiger partial charge in [0, 0.05) is 6.54 Å². The van der Waals surface area contributed by atoms with E-state index in [1.165, 1.54) is 0 Å². The smallest absolute Gasteiger partial charge is 0.121 e. The highest BCUT2D eigenvalue weighted by Crippen LogP contribution is 1.99. The van der Waals surface area contributed by atoms with E-state index in [1.807, 2.05) is 0 Å². The number of hydrogen-bond acceptors (Lipinski definition) is 2. The standard InChI is InChI=1S/C6H11N3.ClH/c1-2-5-9-6(7)3-4-8-9;/h3-4H,2,5,7H2,1H3;1H. The Morgan fingerprint density at radius 1 is 1.70 bits per heavy atom. The fourth-order valence-corrected chi connectivity index (χ4v) is 0.742. The number of nitrogen functional groups attached to an aromatic ring is 1. The third-order valence-corrected chi connectivity index (χ3v) is 1.18. The lowest BCUT2D eigenvalue weighted by atomic mass is 10.5. The van der Waals surface area contributed by atoms with Crippen LogP contribution in [-0.4, -0.2) is 9.78 Å². The molecule has 0 aliphatic rings. The fourth-order valence-electron chi connectivity index (χ4n) is 0.742. The van der Waals surface area contributed by atoms with Gasteiger partial charge in [0.15, 0.2) is 0 Å². The summed E-state index contributed by atoms with van der Waals surface area (Å²) in [4.78, 5) is 0. The molecule has 0 atom stereocenters. The van der Waals surface area contributed by atoms with E-state index in [9.17, 15) is 0 Å². The Balaban J connectivity index is 0.000000810. The molecule has 0 saturated heterocycles. The average Bonchev–Trinajstić information content (AvgIpc) is 2.18. The predicted molar refractivity (Wildman–Crippen MR) is 44.2 cm³/mol. The second kappa shape index (κ2) is 4.17. The topological polar surface area (TPSA) is 43.8 Å². The van der Waals surface area contributed by atoms with Crippen LogP contribution in [0.15, 0.2) is 12.3 Å². The van der Waals surface area contributed by atoms with Gasteiger partial charge in [-0.25, -0.2) is 0 Å². The van der Waals surface area contributed by atoms with E-state index >= 15 is 0 Å². The van der Waals surface area contributed by atoms with Crippen LogP contribution in [-0.2, 0) is 6.54 Å². The molecule has 4 heteroatoms. The normalized spacial score (nSPS) is 8.90.